The van der Waals surface area contributed by atoms with Crippen LogP contribution < -0.4 is 0 Å². The molecule has 9 aliphatic carbocycles. The maximum absolute atomic E-state index is 15.3. The quantitative estimate of drug-likeness (QED) is 0.196. The van der Waals surface area contributed by atoms with Crippen molar-refractivity contribution in [2.24, 2.45) is 109 Å². The second-order valence-corrected chi connectivity index (χ2v) is 27.2. The summed E-state index contributed by atoms with van der Waals surface area (Å²) in [5.74, 6) is 8.91. The van der Waals surface area contributed by atoms with Crippen molar-refractivity contribution in [3.05, 3.63) is 11.6 Å². The lowest BCUT2D eigenvalue weighted by atomic mass is 9.32. The van der Waals surface area contributed by atoms with Gasteiger partial charge in [-0.15, -0.1) is 0 Å². The van der Waals surface area contributed by atoms with Gasteiger partial charge in [0.1, 0.15) is 6.10 Å². The van der Waals surface area contributed by atoms with Gasteiger partial charge in [0.25, 0.3) is 0 Å². The van der Waals surface area contributed by atoms with Gasteiger partial charge in [0.05, 0.1) is 11.5 Å². The Hall–Kier alpha value is -0.830. The number of hydrogen-bond donors (Lipinski definition) is 1. The Bertz CT molecular complexity index is 1660. The Balaban J connectivity index is 0.910. The maximum atomic E-state index is 15.3. The van der Waals surface area contributed by atoms with E-state index >= 15 is 4.79 Å². The fourth-order valence-electron chi connectivity index (χ4n) is 20.8. The van der Waals surface area contributed by atoms with E-state index in [4.69, 9.17) is 4.74 Å². The van der Waals surface area contributed by atoms with Crippen molar-refractivity contribution in [2.45, 2.75) is 230 Å². The number of hydrogen-bond acceptors (Lipinski definition) is 3. The molecule has 18 atom stereocenters. The molecule has 1 N–H and O–H groups in total. The van der Waals surface area contributed by atoms with Gasteiger partial charge in [-0.2, -0.15) is 0 Å². The molecule has 0 aromatic rings. The van der Waals surface area contributed by atoms with E-state index in [-0.39, 0.29) is 50.7 Å². The van der Waals surface area contributed by atoms with Gasteiger partial charge in [-0.3, -0.25) is 4.79 Å². The Kier molecular flexibility index (Phi) is 11.2. The molecule has 60 heavy (non-hydrogen) atoms. The third-order valence-corrected chi connectivity index (χ3v) is 24.3. The summed E-state index contributed by atoms with van der Waals surface area (Å²) in [7, 11) is 0. The van der Waals surface area contributed by atoms with Crippen LogP contribution in [0.25, 0.3) is 0 Å². The average Bonchev–Trinajstić information content (AvgIpc) is 3.76. The Morgan fingerprint density at radius 2 is 1.43 bits per heavy atom. The maximum Gasteiger partial charge on any atom is 0.312 e. The Labute approximate surface area is 370 Å². The number of rotatable bonds is 8. The molecular formula is C57H94O3. The van der Waals surface area contributed by atoms with E-state index in [0.29, 0.717) is 40.9 Å². The first-order valence-electron chi connectivity index (χ1n) is 26.8. The first kappa shape index (κ1) is 44.4. The molecular weight excluding hydrogens is 733 g/mol. The SMILES string of the molecule is CC(C)CCC[C@@H](C)[C@H]1CC[C@H]2[C@@H]3CC=C4C[C@H](OC(=O)[C@]56CCC(C(C)C)C5[C@H]5CC[C@@H]7[C@@]8(C)CC[C@H](O)C(C)(C)C8CC[C@@]7(C)[C@]5(C)CC6)CC[C@]4(C)[C@H]3CC[C@]12C. The number of fused-ring (bicyclic) bond motifs is 12. The minimum atomic E-state index is -0.300. The first-order valence-corrected chi connectivity index (χ1v) is 26.8. The molecule has 9 aliphatic rings. The van der Waals surface area contributed by atoms with Crippen molar-refractivity contribution < 1.29 is 14.6 Å². The van der Waals surface area contributed by atoms with Crippen LogP contribution in [-0.2, 0) is 9.53 Å². The van der Waals surface area contributed by atoms with Crippen molar-refractivity contribution in [3.8, 4) is 0 Å². The number of carbonyl (C=O) groups excluding carboxylic acids is 1. The molecule has 340 valence electrons. The standard InChI is InChI=1S/C57H94O3/c1-35(2)14-13-15-37(5)42-18-19-43-41-17-16-38-34-39(22-27-52(38,8)44(41)24-28-53(42,43)9)60-50(59)57-31-23-40(36(3)4)49(57)45-20-21-47-54(10)29-26-48(58)51(6,7)46(54)25-30-56(47,12)55(45,11)32-33-57/h16,35-37,39-49,58H,13-15,17-34H2,1-12H3/t37-,39-,40?,41+,42-,43+,44+,45-,46?,47-,48+,49?,52+,53-,54+,55-,56-,57+/m1/s1. The minimum absolute atomic E-state index is 0.0136. The van der Waals surface area contributed by atoms with E-state index in [1.807, 2.05) is 0 Å². The van der Waals surface area contributed by atoms with E-state index in [1.54, 1.807) is 5.57 Å². The average molecular weight is 827 g/mol. The molecule has 3 heteroatoms. The van der Waals surface area contributed by atoms with Gasteiger partial charge in [-0.25, -0.2) is 0 Å². The van der Waals surface area contributed by atoms with Crippen molar-refractivity contribution in [1.29, 1.82) is 0 Å². The van der Waals surface area contributed by atoms with Crippen molar-refractivity contribution in [1.82, 2.24) is 0 Å². The van der Waals surface area contributed by atoms with Crippen LogP contribution in [-0.4, -0.2) is 23.3 Å². The van der Waals surface area contributed by atoms with Crippen LogP contribution in [0.2, 0.25) is 0 Å². The Morgan fingerprint density at radius 1 is 0.700 bits per heavy atom. The molecule has 9 rings (SSSR count). The summed E-state index contributed by atoms with van der Waals surface area (Å²) >= 11 is 0. The lowest BCUT2D eigenvalue weighted by molar-refractivity contribution is -0.250. The number of aliphatic hydroxyl groups excluding tert-OH is 1. The minimum Gasteiger partial charge on any atom is -0.462 e. The van der Waals surface area contributed by atoms with Gasteiger partial charge >= 0.3 is 5.97 Å². The zero-order valence-electron chi connectivity index (χ0n) is 41.3. The van der Waals surface area contributed by atoms with Crippen LogP contribution in [0, 0.1) is 109 Å². The van der Waals surface area contributed by atoms with Crippen LogP contribution in [0.1, 0.15) is 218 Å². The number of carbonyl (C=O) groups is 1. The number of allylic oxidation sites excluding steroid dienone is 1. The normalized spacial score (nSPS) is 52.2. The lowest BCUT2D eigenvalue weighted by Crippen LogP contribution is -2.67. The summed E-state index contributed by atoms with van der Waals surface area (Å²) < 4.78 is 7.03. The summed E-state index contributed by atoms with van der Waals surface area (Å²) in [5.41, 5.74) is 2.97. The first-order chi connectivity index (χ1) is 28.2. The van der Waals surface area contributed by atoms with Crippen LogP contribution >= 0.6 is 0 Å². The number of esters is 1. The highest BCUT2D eigenvalue weighted by molar-refractivity contribution is 5.78. The fourth-order valence-corrected chi connectivity index (χ4v) is 20.8. The molecule has 0 heterocycles. The molecule has 0 spiro atoms. The van der Waals surface area contributed by atoms with Gasteiger partial charge in [0.2, 0.25) is 0 Å². The van der Waals surface area contributed by atoms with E-state index < -0.39 is 0 Å². The molecule has 0 bridgehead atoms. The topological polar surface area (TPSA) is 46.5 Å². The zero-order chi connectivity index (χ0) is 43.0. The third-order valence-electron chi connectivity index (χ3n) is 24.3. The van der Waals surface area contributed by atoms with Crippen molar-refractivity contribution >= 4 is 5.97 Å². The molecule has 0 aliphatic heterocycles. The summed E-state index contributed by atoms with van der Waals surface area (Å²) in [6, 6.07) is 0. The second-order valence-electron chi connectivity index (χ2n) is 27.2. The molecule has 3 unspecified atom stereocenters. The second kappa shape index (κ2) is 15.1. The molecule has 0 radical (unpaired) electrons. The summed E-state index contributed by atoms with van der Waals surface area (Å²) in [6.45, 7) is 30.6. The molecule has 0 saturated heterocycles. The monoisotopic (exact) mass is 827 g/mol. The molecule has 0 amide bonds. The molecule has 0 aromatic heterocycles. The van der Waals surface area contributed by atoms with Crippen LogP contribution in [0.3, 0.4) is 0 Å². The fraction of sp³-hybridized carbons (Fsp3) is 0.947. The van der Waals surface area contributed by atoms with Gasteiger partial charge < -0.3 is 9.84 Å². The molecule has 8 fully saturated rings. The zero-order valence-corrected chi connectivity index (χ0v) is 41.3. The lowest BCUT2D eigenvalue weighted by Gasteiger charge is -2.72. The highest BCUT2D eigenvalue weighted by atomic mass is 16.5. The highest BCUT2D eigenvalue weighted by Gasteiger charge is 2.72. The van der Waals surface area contributed by atoms with E-state index in [0.717, 1.165) is 67.6 Å². The molecule has 0 aromatic carbocycles. The van der Waals surface area contributed by atoms with Crippen LogP contribution in [0.15, 0.2) is 11.6 Å². The van der Waals surface area contributed by atoms with Gasteiger partial charge in [0, 0.05) is 6.42 Å². The van der Waals surface area contributed by atoms with Crippen molar-refractivity contribution in [3.63, 3.8) is 0 Å². The van der Waals surface area contributed by atoms with E-state index in [9.17, 15) is 5.11 Å². The van der Waals surface area contributed by atoms with Gasteiger partial charge in [0.15, 0.2) is 0 Å². The predicted octanol–water partition coefficient (Wildman–Crippen LogP) is 15.0. The number of aliphatic hydroxyl groups is 1. The van der Waals surface area contributed by atoms with E-state index in [2.05, 4.69) is 89.2 Å². The smallest absolute Gasteiger partial charge is 0.312 e. The largest absolute Gasteiger partial charge is 0.462 e. The third kappa shape index (κ3) is 6.23. The van der Waals surface area contributed by atoms with E-state index in [1.165, 1.54) is 103 Å². The molecule has 8 saturated carbocycles. The predicted molar refractivity (Wildman–Crippen MR) is 248 cm³/mol. The van der Waals surface area contributed by atoms with Crippen molar-refractivity contribution in [2.75, 3.05) is 0 Å². The summed E-state index contributed by atoms with van der Waals surface area (Å²) in [5, 5.41) is 11.2. The number of ether oxygens (including phenoxy) is 1. The highest BCUT2D eigenvalue weighted by Crippen LogP contribution is 2.78. The summed E-state index contributed by atoms with van der Waals surface area (Å²) in [4.78, 5) is 15.3. The van der Waals surface area contributed by atoms with Gasteiger partial charge in [-0.1, -0.05) is 114 Å². The van der Waals surface area contributed by atoms with Crippen LogP contribution in [0.5, 0.6) is 0 Å². The van der Waals surface area contributed by atoms with Gasteiger partial charge in [-0.05, 0) is 213 Å². The van der Waals surface area contributed by atoms with Crippen LogP contribution in [0.4, 0.5) is 0 Å². The Morgan fingerprint density at radius 3 is 2.17 bits per heavy atom. The molecule has 3 nitrogen and oxygen atoms in total. The summed E-state index contributed by atoms with van der Waals surface area (Å²) in [6.07, 6.45) is 28.8.